The molecule has 0 saturated heterocycles. The quantitative estimate of drug-likeness (QED) is 0.343. The molecule has 4 rings (SSSR count). The summed E-state index contributed by atoms with van der Waals surface area (Å²) < 4.78 is 12.9. The molecule has 0 aliphatic rings. The number of rotatable bonds is 8. The summed E-state index contributed by atoms with van der Waals surface area (Å²) in [7, 11) is 3.27. The van der Waals surface area contributed by atoms with Crippen molar-refractivity contribution in [2.24, 2.45) is 0 Å². The standard InChI is InChI=1S/C22H22N4O2S2/c1-4-26-20(15-8-6-5-7-9-15)24-25-22(26)30-14-17-13-29-21(23-17)16-10-11-18(27-2)19(12-16)28-3/h5-13H,4,14H2,1-3H3. The first-order chi connectivity index (χ1) is 14.7. The highest BCUT2D eigenvalue weighted by Crippen LogP contribution is 2.34. The molecule has 0 aliphatic carbocycles. The zero-order valence-electron chi connectivity index (χ0n) is 17.0. The van der Waals surface area contributed by atoms with Crippen molar-refractivity contribution in [2.45, 2.75) is 24.4 Å². The number of thiazole rings is 1. The molecule has 6 nitrogen and oxygen atoms in total. The van der Waals surface area contributed by atoms with E-state index in [9.17, 15) is 0 Å². The Bertz CT molecular complexity index is 1130. The molecule has 0 aliphatic heterocycles. The molecule has 0 bridgehead atoms. The zero-order valence-corrected chi connectivity index (χ0v) is 18.7. The predicted molar refractivity (Wildman–Crippen MR) is 121 cm³/mol. The van der Waals surface area contributed by atoms with Crippen LogP contribution in [-0.4, -0.2) is 34.0 Å². The lowest BCUT2D eigenvalue weighted by atomic mass is 10.2. The average Bonchev–Trinajstić information content (AvgIpc) is 3.44. The number of aromatic nitrogens is 4. The van der Waals surface area contributed by atoms with Gasteiger partial charge in [0, 0.05) is 28.8 Å². The first-order valence-electron chi connectivity index (χ1n) is 9.51. The van der Waals surface area contributed by atoms with Gasteiger partial charge in [0.25, 0.3) is 0 Å². The van der Waals surface area contributed by atoms with Gasteiger partial charge in [0.1, 0.15) is 5.01 Å². The highest BCUT2D eigenvalue weighted by atomic mass is 32.2. The van der Waals surface area contributed by atoms with Crippen LogP contribution in [0, 0.1) is 0 Å². The van der Waals surface area contributed by atoms with E-state index in [-0.39, 0.29) is 0 Å². The Kier molecular flexibility index (Phi) is 6.35. The van der Waals surface area contributed by atoms with Crippen molar-refractivity contribution < 1.29 is 9.47 Å². The number of ether oxygens (including phenoxy) is 2. The van der Waals surface area contributed by atoms with Crippen molar-refractivity contribution in [3.8, 4) is 33.5 Å². The highest BCUT2D eigenvalue weighted by Gasteiger charge is 2.14. The van der Waals surface area contributed by atoms with Crippen molar-refractivity contribution in [1.82, 2.24) is 19.7 Å². The number of methoxy groups -OCH3 is 2. The van der Waals surface area contributed by atoms with Crippen LogP contribution in [0.5, 0.6) is 11.5 Å². The van der Waals surface area contributed by atoms with Crippen LogP contribution in [0.4, 0.5) is 0 Å². The molecular weight excluding hydrogens is 416 g/mol. The molecule has 0 fully saturated rings. The topological polar surface area (TPSA) is 62.1 Å². The van der Waals surface area contributed by atoms with Gasteiger partial charge in [0.05, 0.1) is 19.9 Å². The number of thioether (sulfide) groups is 1. The van der Waals surface area contributed by atoms with Crippen LogP contribution in [0.15, 0.2) is 59.1 Å². The van der Waals surface area contributed by atoms with Crippen molar-refractivity contribution in [1.29, 1.82) is 0 Å². The van der Waals surface area contributed by atoms with Gasteiger partial charge in [0.15, 0.2) is 22.5 Å². The normalized spacial score (nSPS) is 10.9. The van der Waals surface area contributed by atoms with Gasteiger partial charge in [-0.3, -0.25) is 0 Å². The first-order valence-corrected chi connectivity index (χ1v) is 11.4. The Labute approximate surface area is 183 Å². The molecule has 2 aromatic heterocycles. The molecule has 0 radical (unpaired) electrons. The van der Waals surface area contributed by atoms with Gasteiger partial charge in [0.2, 0.25) is 0 Å². The van der Waals surface area contributed by atoms with E-state index in [1.165, 1.54) is 0 Å². The second-order valence-electron chi connectivity index (χ2n) is 6.42. The minimum atomic E-state index is 0.700. The minimum Gasteiger partial charge on any atom is -0.493 e. The summed E-state index contributed by atoms with van der Waals surface area (Å²) in [5.74, 6) is 3.04. The van der Waals surface area contributed by atoms with Crippen molar-refractivity contribution in [3.05, 3.63) is 59.6 Å². The summed E-state index contributed by atoms with van der Waals surface area (Å²) in [6.07, 6.45) is 0. The SMILES string of the molecule is CCn1c(SCc2csc(-c3ccc(OC)c(OC)c3)n2)nnc1-c1ccccc1. The summed E-state index contributed by atoms with van der Waals surface area (Å²) >= 11 is 3.27. The summed E-state index contributed by atoms with van der Waals surface area (Å²) in [5.41, 5.74) is 3.10. The van der Waals surface area contributed by atoms with Gasteiger partial charge in [-0.25, -0.2) is 4.98 Å². The van der Waals surface area contributed by atoms with E-state index in [0.717, 1.165) is 45.1 Å². The molecule has 0 spiro atoms. The van der Waals surface area contributed by atoms with E-state index in [4.69, 9.17) is 14.5 Å². The van der Waals surface area contributed by atoms with E-state index in [1.807, 2.05) is 36.4 Å². The first kappa shape index (κ1) is 20.4. The van der Waals surface area contributed by atoms with E-state index in [0.29, 0.717) is 11.5 Å². The van der Waals surface area contributed by atoms with Crippen LogP contribution in [0.2, 0.25) is 0 Å². The number of benzene rings is 2. The monoisotopic (exact) mass is 438 g/mol. The lowest BCUT2D eigenvalue weighted by Gasteiger charge is -2.08. The molecule has 8 heteroatoms. The Morgan fingerprint density at radius 3 is 2.50 bits per heavy atom. The number of hydrogen-bond donors (Lipinski definition) is 0. The fourth-order valence-corrected chi connectivity index (χ4v) is 4.91. The third-order valence-corrected chi connectivity index (χ3v) is 6.54. The van der Waals surface area contributed by atoms with Gasteiger partial charge >= 0.3 is 0 Å². The maximum Gasteiger partial charge on any atom is 0.191 e. The molecule has 2 heterocycles. The lowest BCUT2D eigenvalue weighted by molar-refractivity contribution is 0.355. The molecule has 0 amide bonds. The Balaban J connectivity index is 1.50. The summed E-state index contributed by atoms with van der Waals surface area (Å²) in [6, 6.07) is 16.0. The Morgan fingerprint density at radius 1 is 0.967 bits per heavy atom. The van der Waals surface area contributed by atoms with E-state index < -0.39 is 0 Å². The Hall–Kier alpha value is -2.84. The average molecular weight is 439 g/mol. The molecule has 4 aromatic rings. The fourth-order valence-electron chi connectivity index (χ4n) is 3.09. The zero-order chi connectivity index (χ0) is 20.9. The summed E-state index contributed by atoms with van der Waals surface area (Å²) in [6.45, 7) is 2.92. The second kappa shape index (κ2) is 9.32. The Morgan fingerprint density at radius 2 is 1.77 bits per heavy atom. The second-order valence-corrected chi connectivity index (χ2v) is 8.22. The maximum atomic E-state index is 5.40. The van der Waals surface area contributed by atoms with Gasteiger partial charge < -0.3 is 14.0 Å². The van der Waals surface area contributed by atoms with Gasteiger partial charge in [-0.05, 0) is 25.1 Å². The van der Waals surface area contributed by atoms with Gasteiger partial charge in [-0.1, -0.05) is 42.1 Å². The predicted octanol–water partition coefficient (Wildman–Crippen LogP) is 5.40. The molecule has 30 heavy (non-hydrogen) atoms. The van der Waals surface area contributed by atoms with Crippen LogP contribution in [0.3, 0.4) is 0 Å². The van der Waals surface area contributed by atoms with Crippen molar-refractivity contribution in [2.75, 3.05) is 14.2 Å². The van der Waals surface area contributed by atoms with Crippen LogP contribution in [0.25, 0.3) is 22.0 Å². The summed E-state index contributed by atoms with van der Waals surface area (Å²) in [4.78, 5) is 4.79. The smallest absolute Gasteiger partial charge is 0.191 e. The van der Waals surface area contributed by atoms with Crippen LogP contribution in [-0.2, 0) is 12.3 Å². The van der Waals surface area contributed by atoms with Crippen LogP contribution in [0.1, 0.15) is 12.6 Å². The van der Waals surface area contributed by atoms with Crippen LogP contribution >= 0.6 is 23.1 Å². The van der Waals surface area contributed by atoms with E-state index in [1.54, 1.807) is 37.3 Å². The van der Waals surface area contributed by atoms with Crippen molar-refractivity contribution >= 4 is 23.1 Å². The van der Waals surface area contributed by atoms with Crippen molar-refractivity contribution in [3.63, 3.8) is 0 Å². The minimum absolute atomic E-state index is 0.700. The molecule has 0 atom stereocenters. The van der Waals surface area contributed by atoms with E-state index in [2.05, 4.69) is 39.2 Å². The number of hydrogen-bond acceptors (Lipinski definition) is 7. The number of nitrogens with zero attached hydrogens (tertiary/aromatic N) is 4. The third kappa shape index (κ3) is 4.20. The van der Waals surface area contributed by atoms with Crippen LogP contribution < -0.4 is 9.47 Å². The summed E-state index contributed by atoms with van der Waals surface area (Å²) in [5, 5.41) is 12.8. The van der Waals surface area contributed by atoms with Gasteiger partial charge in [-0.15, -0.1) is 21.5 Å². The highest BCUT2D eigenvalue weighted by molar-refractivity contribution is 7.98. The molecular formula is C22H22N4O2S2. The molecule has 0 unspecified atom stereocenters. The molecule has 0 N–H and O–H groups in total. The molecule has 2 aromatic carbocycles. The third-order valence-electron chi connectivity index (χ3n) is 4.60. The molecule has 0 saturated carbocycles. The largest absolute Gasteiger partial charge is 0.493 e. The fraction of sp³-hybridized carbons (Fsp3) is 0.227. The molecule has 154 valence electrons. The van der Waals surface area contributed by atoms with Gasteiger partial charge in [-0.2, -0.15) is 0 Å². The van der Waals surface area contributed by atoms with E-state index >= 15 is 0 Å². The lowest BCUT2D eigenvalue weighted by Crippen LogP contribution is -1.99. The maximum absolute atomic E-state index is 5.40.